The highest BCUT2D eigenvalue weighted by atomic mass is 16.5. The molecule has 0 fully saturated rings. The van der Waals surface area contributed by atoms with Crippen LogP contribution in [0.15, 0.2) is 0 Å². The highest BCUT2D eigenvalue weighted by Gasteiger charge is 2.20. The van der Waals surface area contributed by atoms with E-state index in [0.717, 1.165) is 25.9 Å². The monoisotopic (exact) mass is 258 g/mol. The number of ether oxygens (including phenoxy) is 1. The number of carbonyl (C=O) groups excluding carboxylic acids is 1. The Balaban J connectivity index is 4.36. The minimum absolute atomic E-state index is 0.316. The van der Waals surface area contributed by atoms with Crippen LogP contribution in [0, 0.1) is 5.92 Å². The van der Waals surface area contributed by atoms with E-state index in [1.807, 2.05) is 0 Å². The second-order valence-electron chi connectivity index (χ2n) is 5.28. The Labute approximate surface area is 112 Å². The molecule has 4 nitrogen and oxygen atoms in total. The molecule has 0 aromatic rings. The van der Waals surface area contributed by atoms with E-state index in [-0.39, 0.29) is 5.97 Å². The summed E-state index contributed by atoms with van der Waals surface area (Å²) < 4.78 is 4.66. The van der Waals surface area contributed by atoms with E-state index in [1.165, 1.54) is 7.11 Å². The first-order chi connectivity index (χ1) is 8.46. The van der Waals surface area contributed by atoms with Crippen LogP contribution in [0.2, 0.25) is 0 Å². The topological polar surface area (TPSA) is 55.6 Å². The van der Waals surface area contributed by atoms with Crippen LogP contribution in [0.1, 0.15) is 47.0 Å². The van der Waals surface area contributed by atoms with E-state index >= 15 is 0 Å². The first-order valence-corrected chi connectivity index (χ1v) is 7.03. The Bertz CT molecular complexity index is 228. The lowest BCUT2D eigenvalue weighted by atomic mass is 10.1. The van der Waals surface area contributed by atoms with Gasteiger partial charge in [-0.15, -0.1) is 0 Å². The van der Waals surface area contributed by atoms with Crippen molar-refractivity contribution in [3.05, 3.63) is 0 Å². The number of nitrogens with two attached hydrogens (primary N) is 1. The first kappa shape index (κ1) is 17.4. The van der Waals surface area contributed by atoms with Gasteiger partial charge in [0, 0.05) is 19.1 Å². The second kappa shape index (κ2) is 9.34. The standard InChI is InChI=1S/C14H30N2O2/c1-6-12(7-2)16(10-11(3)4)9-8-13(15)14(17)18-5/h11-13H,6-10,15H2,1-5H3. The van der Waals surface area contributed by atoms with Gasteiger partial charge in [0.25, 0.3) is 0 Å². The first-order valence-electron chi connectivity index (χ1n) is 7.03. The van der Waals surface area contributed by atoms with Gasteiger partial charge in [-0.05, 0) is 25.2 Å². The van der Waals surface area contributed by atoms with Crippen molar-refractivity contribution >= 4 is 5.97 Å². The Morgan fingerprint density at radius 1 is 1.28 bits per heavy atom. The molecule has 0 bridgehead atoms. The molecule has 0 spiro atoms. The summed E-state index contributed by atoms with van der Waals surface area (Å²) in [6.07, 6.45) is 2.93. The molecule has 0 rings (SSSR count). The van der Waals surface area contributed by atoms with Gasteiger partial charge in [0.2, 0.25) is 0 Å². The maximum Gasteiger partial charge on any atom is 0.322 e. The van der Waals surface area contributed by atoms with Gasteiger partial charge in [0.1, 0.15) is 6.04 Å². The van der Waals surface area contributed by atoms with Crippen LogP contribution in [0.5, 0.6) is 0 Å². The summed E-state index contributed by atoms with van der Waals surface area (Å²) in [5, 5.41) is 0. The van der Waals surface area contributed by atoms with Gasteiger partial charge in [-0.1, -0.05) is 27.7 Å². The zero-order valence-corrected chi connectivity index (χ0v) is 12.6. The van der Waals surface area contributed by atoms with Crippen LogP contribution in [0.4, 0.5) is 0 Å². The molecule has 4 heteroatoms. The maximum absolute atomic E-state index is 11.3. The molecule has 1 unspecified atom stereocenters. The van der Waals surface area contributed by atoms with E-state index in [2.05, 4.69) is 37.3 Å². The molecule has 0 aliphatic carbocycles. The molecule has 108 valence electrons. The quantitative estimate of drug-likeness (QED) is 0.643. The fourth-order valence-corrected chi connectivity index (χ4v) is 2.27. The van der Waals surface area contributed by atoms with E-state index in [9.17, 15) is 4.79 Å². The van der Waals surface area contributed by atoms with Crippen LogP contribution in [0.3, 0.4) is 0 Å². The molecule has 0 aromatic carbocycles. The smallest absolute Gasteiger partial charge is 0.322 e. The SMILES string of the molecule is CCC(CC)N(CCC(N)C(=O)OC)CC(C)C. The molecule has 0 radical (unpaired) electrons. The highest BCUT2D eigenvalue weighted by molar-refractivity contribution is 5.75. The predicted molar refractivity (Wildman–Crippen MR) is 75.4 cm³/mol. The summed E-state index contributed by atoms with van der Waals surface area (Å²) in [7, 11) is 1.38. The molecule has 1 atom stereocenters. The number of rotatable bonds is 9. The van der Waals surface area contributed by atoms with Crippen LogP contribution in [0.25, 0.3) is 0 Å². The number of esters is 1. The van der Waals surface area contributed by atoms with Gasteiger partial charge >= 0.3 is 5.97 Å². The molecule has 0 saturated carbocycles. The summed E-state index contributed by atoms with van der Waals surface area (Å²) >= 11 is 0. The molecule has 0 heterocycles. The lowest BCUT2D eigenvalue weighted by molar-refractivity contribution is -0.142. The zero-order chi connectivity index (χ0) is 14.1. The van der Waals surface area contributed by atoms with Crippen molar-refractivity contribution in [3.63, 3.8) is 0 Å². The van der Waals surface area contributed by atoms with E-state index in [0.29, 0.717) is 18.4 Å². The summed E-state index contributed by atoms with van der Waals surface area (Å²) in [6, 6.07) is 0.0799. The minimum atomic E-state index is -0.501. The Hall–Kier alpha value is -0.610. The summed E-state index contributed by atoms with van der Waals surface area (Å²) in [5.41, 5.74) is 5.79. The normalized spacial score (nSPS) is 13.4. The van der Waals surface area contributed by atoms with E-state index in [1.54, 1.807) is 0 Å². The molecular weight excluding hydrogens is 228 g/mol. The zero-order valence-electron chi connectivity index (χ0n) is 12.6. The molecule has 0 aromatic heterocycles. The van der Waals surface area contributed by atoms with Crippen LogP contribution in [-0.2, 0) is 9.53 Å². The van der Waals surface area contributed by atoms with Crippen molar-refractivity contribution in [2.45, 2.75) is 59.0 Å². The van der Waals surface area contributed by atoms with Crippen LogP contribution < -0.4 is 5.73 Å². The van der Waals surface area contributed by atoms with Gasteiger partial charge in [-0.2, -0.15) is 0 Å². The van der Waals surface area contributed by atoms with Crippen molar-refractivity contribution in [1.82, 2.24) is 4.90 Å². The average Bonchev–Trinajstić information content (AvgIpc) is 2.35. The van der Waals surface area contributed by atoms with Gasteiger partial charge in [-0.3, -0.25) is 4.79 Å². The predicted octanol–water partition coefficient (Wildman–Crippen LogP) is 2.02. The van der Waals surface area contributed by atoms with E-state index in [4.69, 9.17) is 5.73 Å². The third kappa shape index (κ3) is 6.36. The third-order valence-corrected chi connectivity index (χ3v) is 3.29. The highest BCUT2D eigenvalue weighted by Crippen LogP contribution is 2.12. The molecule has 0 saturated heterocycles. The van der Waals surface area contributed by atoms with Gasteiger partial charge in [-0.25, -0.2) is 0 Å². The van der Waals surface area contributed by atoms with Crippen LogP contribution in [-0.4, -0.2) is 43.2 Å². The average molecular weight is 258 g/mol. The molecule has 0 amide bonds. The van der Waals surface area contributed by atoms with Crippen molar-refractivity contribution in [1.29, 1.82) is 0 Å². The van der Waals surface area contributed by atoms with Crippen molar-refractivity contribution in [2.24, 2.45) is 11.7 Å². The van der Waals surface area contributed by atoms with Crippen molar-refractivity contribution < 1.29 is 9.53 Å². The number of nitrogens with zero attached hydrogens (tertiary/aromatic N) is 1. The molecular formula is C14H30N2O2. The lowest BCUT2D eigenvalue weighted by Gasteiger charge is -2.32. The second-order valence-corrected chi connectivity index (χ2v) is 5.28. The maximum atomic E-state index is 11.3. The number of hydrogen-bond donors (Lipinski definition) is 1. The Morgan fingerprint density at radius 2 is 1.83 bits per heavy atom. The van der Waals surface area contributed by atoms with Gasteiger partial charge in [0.05, 0.1) is 7.11 Å². The fourth-order valence-electron chi connectivity index (χ4n) is 2.27. The number of carbonyl (C=O) groups is 1. The summed E-state index contributed by atoms with van der Waals surface area (Å²) in [6.45, 7) is 10.8. The van der Waals surface area contributed by atoms with Crippen LogP contribution >= 0.6 is 0 Å². The summed E-state index contributed by atoms with van der Waals surface area (Å²) in [5.74, 6) is 0.309. The van der Waals surface area contributed by atoms with E-state index < -0.39 is 6.04 Å². The molecule has 0 aliphatic rings. The number of hydrogen-bond acceptors (Lipinski definition) is 4. The van der Waals surface area contributed by atoms with Gasteiger partial charge in [0.15, 0.2) is 0 Å². The fraction of sp³-hybridized carbons (Fsp3) is 0.929. The molecule has 2 N–H and O–H groups in total. The van der Waals surface area contributed by atoms with Gasteiger partial charge < -0.3 is 15.4 Å². The number of methoxy groups -OCH3 is 1. The Morgan fingerprint density at radius 3 is 2.22 bits per heavy atom. The molecule has 0 aliphatic heterocycles. The minimum Gasteiger partial charge on any atom is -0.468 e. The summed E-state index contributed by atoms with van der Waals surface area (Å²) in [4.78, 5) is 13.7. The Kier molecular flexibility index (Phi) is 9.02. The van der Waals surface area contributed by atoms with Crippen molar-refractivity contribution in [2.75, 3.05) is 20.2 Å². The van der Waals surface area contributed by atoms with Crippen molar-refractivity contribution in [3.8, 4) is 0 Å². The third-order valence-electron chi connectivity index (χ3n) is 3.29. The molecule has 18 heavy (non-hydrogen) atoms. The lowest BCUT2D eigenvalue weighted by Crippen LogP contribution is -2.42. The largest absolute Gasteiger partial charge is 0.468 e.